The molecule has 4 nitrogen and oxygen atoms in total. The number of aliphatic hydroxyl groups is 1. The topological polar surface area (TPSA) is 57.3 Å². The summed E-state index contributed by atoms with van der Waals surface area (Å²) in [6.45, 7) is 2.55. The third kappa shape index (κ3) is 3.60. The average Bonchev–Trinajstić information content (AvgIpc) is 3.14. The van der Waals surface area contributed by atoms with Crippen molar-refractivity contribution in [2.75, 3.05) is 19.8 Å². The number of aromatic amines is 1. The van der Waals surface area contributed by atoms with Gasteiger partial charge in [-0.3, -0.25) is 0 Å². The minimum absolute atomic E-state index is 0.428. The number of fused-ring (bicyclic) bond motifs is 1. The Kier molecular flexibility index (Phi) is 4.35. The van der Waals surface area contributed by atoms with Gasteiger partial charge in [0.1, 0.15) is 0 Å². The molecule has 3 N–H and O–H groups in total. The van der Waals surface area contributed by atoms with Gasteiger partial charge in [0.25, 0.3) is 0 Å². The van der Waals surface area contributed by atoms with Crippen molar-refractivity contribution in [3.8, 4) is 0 Å². The highest BCUT2D eigenvalue weighted by Gasteiger charge is 2.21. The molecule has 3 rings (SSSR count). The van der Waals surface area contributed by atoms with Crippen LogP contribution in [-0.4, -0.2) is 36.0 Å². The molecule has 2 aromatic rings. The van der Waals surface area contributed by atoms with Gasteiger partial charge in [-0.2, -0.15) is 0 Å². The van der Waals surface area contributed by atoms with Gasteiger partial charge in [-0.05, 0) is 36.5 Å². The van der Waals surface area contributed by atoms with Crippen molar-refractivity contribution in [1.29, 1.82) is 0 Å². The first-order chi connectivity index (χ1) is 9.83. The van der Waals surface area contributed by atoms with Gasteiger partial charge in [0.15, 0.2) is 0 Å². The summed E-state index contributed by atoms with van der Waals surface area (Å²) >= 11 is 0. The molecule has 1 aromatic heterocycles. The molecule has 20 heavy (non-hydrogen) atoms. The summed E-state index contributed by atoms with van der Waals surface area (Å²) < 4.78 is 5.48. The summed E-state index contributed by atoms with van der Waals surface area (Å²) in [6.07, 6.45) is 4.10. The first-order valence-corrected chi connectivity index (χ1v) is 7.34. The molecule has 1 fully saturated rings. The molecule has 108 valence electrons. The SMILES string of the molecule is OC(CNCc1cccc2[nH]ccc12)COCC1CC1. The number of aromatic nitrogens is 1. The van der Waals surface area contributed by atoms with Crippen LogP contribution in [0.5, 0.6) is 0 Å². The normalized spacial score (nSPS) is 16.6. The van der Waals surface area contributed by atoms with Crippen LogP contribution < -0.4 is 5.32 Å². The first kappa shape index (κ1) is 13.6. The number of H-pyrrole nitrogens is 1. The van der Waals surface area contributed by atoms with E-state index in [9.17, 15) is 5.11 Å². The number of rotatable bonds is 8. The molecule has 0 saturated heterocycles. The number of benzene rings is 1. The fraction of sp³-hybridized carbons (Fsp3) is 0.500. The van der Waals surface area contributed by atoms with E-state index in [1.165, 1.54) is 23.8 Å². The van der Waals surface area contributed by atoms with Gasteiger partial charge >= 0.3 is 0 Å². The molecule has 0 amide bonds. The second-order valence-corrected chi connectivity index (χ2v) is 5.62. The quantitative estimate of drug-likeness (QED) is 0.690. The van der Waals surface area contributed by atoms with Gasteiger partial charge in [-0.25, -0.2) is 0 Å². The predicted octanol–water partition coefficient (Wildman–Crippen LogP) is 2.04. The average molecular weight is 274 g/mol. The molecule has 1 aromatic carbocycles. The van der Waals surface area contributed by atoms with Crippen LogP contribution in [0.4, 0.5) is 0 Å². The highest BCUT2D eigenvalue weighted by atomic mass is 16.5. The second kappa shape index (κ2) is 6.39. The highest BCUT2D eigenvalue weighted by Crippen LogP contribution is 2.28. The summed E-state index contributed by atoms with van der Waals surface area (Å²) in [5.74, 6) is 0.751. The zero-order valence-electron chi connectivity index (χ0n) is 11.6. The number of hydrogen-bond acceptors (Lipinski definition) is 3. The van der Waals surface area contributed by atoms with Crippen LogP contribution in [0.25, 0.3) is 10.9 Å². The van der Waals surface area contributed by atoms with Crippen molar-refractivity contribution < 1.29 is 9.84 Å². The van der Waals surface area contributed by atoms with E-state index in [1.807, 2.05) is 12.3 Å². The lowest BCUT2D eigenvalue weighted by molar-refractivity contribution is 0.0324. The van der Waals surface area contributed by atoms with Crippen LogP contribution in [0.1, 0.15) is 18.4 Å². The zero-order chi connectivity index (χ0) is 13.8. The fourth-order valence-electron chi connectivity index (χ4n) is 2.39. The number of nitrogens with one attached hydrogen (secondary N) is 2. The molecular weight excluding hydrogens is 252 g/mol. The fourth-order valence-corrected chi connectivity index (χ4v) is 2.39. The van der Waals surface area contributed by atoms with Crippen LogP contribution in [0.2, 0.25) is 0 Å². The van der Waals surface area contributed by atoms with Crippen molar-refractivity contribution in [3.05, 3.63) is 36.0 Å². The summed E-state index contributed by atoms with van der Waals surface area (Å²) in [5, 5.41) is 14.4. The first-order valence-electron chi connectivity index (χ1n) is 7.34. The van der Waals surface area contributed by atoms with E-state index >= 15 is 0 Å². The van der Waals surface area contributed by atoms with Gasteiger partial charge in [-0.15, -0.1) is 0 Å². The monoisotopic (exact) mass is 274 g/mol. The third-order valence-electron chi connectivity index (χ3n) is 3.74. The van der Waals surface area contributed by atoms with Crippen LogP contribution >= 0.6 is 0 Å². The Morgan fingerprint density at radius 2 is 2.25 bits per heavy atom. The smallest absolute Gasteiger partial charge is 0.0897 e. The molecule has 1 aliphatic carbocycles. The maximum Gasteiger partial charge on any atom is 0.0897 e. The third-order valence-corrected chi connectivity index (χ3v) is 3.74. The zero-order valence-corrected chi connectivity index (χ0v) is 11.6. The molecular formula is C16H22N2O2. The van der Waals surface area contributed by atoms with Crippen LogP contribution in [0.15, 0.2) is 30.5 Å². The van der Waals surface area contributed by atoms with Crippen LogP contribution in [-0.2, 0) is 11.3 Å². The van der Waals surface area contributed by atoms with Gasteiger partial charge < -0.3 is 20.1 Å². The van der Waals surface area contributed by atoms with Crippen LogP contribution in [0, 0.1) is 5.92 Å². The molecule has 0 radical (unpaired) electrons. The summed E-state index contributed by atoms with van der Waals surface area (Å²) in [7, 11) is 0. The maximum absolute atomic E-state index is 9.84. The van der Waals surface area contributed by atoms with Crippen molar-refractivity contribution in [2.45, 2.75) is 25.5 Å². The number of aliphatic hydroxyl groups excluding tert-OH is 1. The molecule has 0 spiro atoms. The van der Waals surface area contributed by atoms with E-state index in [2.05, 4.69) is 28.5 Å². The van der Waals surface area contributed by atoms with Gasteiger partial charge in [0.05, 0.1) is 12.7 Å². The highest BCUT2D eigenvalue weighted by molar-refractivity contribution is 5.82. The second-order valence-electron chi connectivity index (χ2n) is 5.62. The van der Waals surface area contributed by atoms with E-state index in [1.54, 1.807) is 0 Å². The lowest BCUT2D eigenvalue weighted by Gasteiger charge is -2.12. The van der Waals surface area contributed by atoms with Crippen LogP contribution in [0.3, 0.4) is 0 Å². The van der Waals surface area contributed by atoms with E-state index < -0.39 is 6.10 Å². The Balaban J connectivity index is 1.41. The summed E-state index contributed by atoms with van der Waals surface area (Å²) in [6, 6.07) is 8.31. The van der Waals surface area contributed by atoms with Gasteiger partial charge in [0.2, 0.25) is 0 Å². The van der Waals surface area contributed by atoms with Crippen molar-refractivity contribution in [1.82, 2.24) is 10.3 Å². The lowest BCUT2D eigenvalue weighted by atomic mass is 10.1. The van der Waals surface area contributed by atoms with E-state index in [-0.39, 0.29) is 0 Å². The maximum atomic E-state index is 9.84. The van der Waals surface area contributed by atoms with E-state index in [0.29, 0.717) is 13.2 Å². The Hall–Kier alpha value is -1.36. The predicted molar refractivity (Wildman–Crippen MR) is 79.6 cm³/mol. The molecule has 1 unspecified atom stereocenters. The summed E-state index contributed by atoms with van der Waals surface area (Å²) in [5.41, 5.74) is 2.40. The largest absolute Gasteiger partial charge is 0.389 e. The molecule has 4 heteroatoms. The molecule has 1 aliphatic rings. The Bertz CT molecular complexity index is 548. The Morgan fingerprint density at radius 1 is 1.35 bits per heavy atom. The van der Waals surface area contributed by atoms with E-state index in [0.717, 1.165) is 24.6 Å². The number of hydrogen-bond donors (Lipinski definition) is 3. The van der Waals surface area contributed by atoms with Crippen molar-refractivity contribution >= 4 is 10.9 Å². The minimum Gasteiger partial charge on any atom is -0.389 e. The molecule has 0 aliphatic heterocycles. The van der Waals surface area contributed by atoms with Gasteiger partial charge in [0, 0.05) is 36.8 Å². The number of ether oxygens (including phenoxy) is 1. The molecule has 1 atom stereocenters. The Morgan fingerprint density at radius 3 is 3.10 bits per heavy atom. The lowest BCUT2D eigenvalue weighted by Crippen LogP contribution is -2.30. The minimum atomic E-state index is -0.431. The summed E-state index contributed by atoms with van der Waals surface area (Å²) in [4.78, 5) is 3.21. The Labute approximate surface area is 119 Å². The van der Waals surface area contributed by atoms with E-state index in [4.69, 9.17) is 4.74 Å². The van der Waals surface area contributed by atoms with Crippen molar-refractivity contribution in [2.24, 2.45) is 5.92 Å². The molecule has 1 saturated carbocycles. The van der Waals surface area contributed by atoms with Crippen molar-refractivity contribution in [3.63, 3.8) is 0 Å². The standard InChI is InChI=1S/C16H22N2O2/c19-14(11-20-10-12-4-5-12)9-17-8-13-2-1-3-16-15(13)6-7-18-16/h1-3,6-7,12,14,17-19H,4-5,8-11H2. The molecule has 0 bridgehead atoms. The molecule has 1 heterocycles. The van der Waals surface area contributed by atoms with Gasteiger partial charge in [-0.1, -0.05) is 12.1 Å².